The van der Waals surface area contributed by atoms with Gasteiger partial charge in [-0.25, -0.2) is 9.59 Å². The molecule has 0 radical (unpaired) electrons. The summed E-state index contributed by atoms with van der Waals surface area (Å²) in [5.41, 5.74) is 0.663. The predicted molar refractivity (Wildman–Crippen MR) is 97.4 cm³/mol. The van der Waals surface area contributed by atoms with E-state index in [4.69, 9.17) is 18.9 Å². The van der Waals surface area contributed by atoms with Crippen molar-refractivity contribution in [1.82, 2.24) is 0 Å². The first-order valence-corrected chi connectivity index (χ1v) is 8.80. The third-order valence-electron chi connectivity index (χ3n) is 4.19. The summed E-state index contributed by atoms with van der Waals surface area (Å²) in [6.45, 7) is 2.86. The first-order valence-electron chi connectivity index (χ1n) is 8.80. The van der Waals surface area contributed by atoms with E-state index in [-0.39, 0.29) is 0 Å². The average Bonchev–Trinajstić information content (AvgIpc) is 2.97. The number of carbonyl (C=O) groups excluding carboxylic acids is 3. The van der Waals surface area contributed by atoms with Crippen molar-refractivity contribution in [2.24, 2.45) is 0 Å². The molecule has 0 N–H and O–H groups in total. The van der Waals surface area contributed by atoms with Gasteiger partial charge in [0.15, 0.2) is 6.10 Å². The van der Waals surface area contributed by atoms with Gasteiger partial charge in [-0.1, -0.05) is 36.4 Å². The first-order chi connectivity index (χ1) is 13.5. The van der Waals surface area contributed by atoms with Gasteiger partial charge >= 0.3 is 17.9 Å². The van der Waals surface area contributed by atoms with Crippen LogP contribution in [0.5, 0.6) is 0 Å². The van der Waals surface area contributed by atoms with Crippen LogP contribution < -0.4 is 0 Å². The maximum Gasteiger partial charge on any atom is 0.338 e. The molecule has 0 amide bonds. The number of hydrogen-bond acceptors (Lipinski definition) is 7. The molecule has 0 saturated carbocycles. The van der Waals surface area contributed by atoms with Gasteiger partial charge in [-0.05, 0) is 31.2 Å². The number of benzene rings is 2. The van der Waals surface area contributed by atoms with Crippen molar-refractivity contribution in [3.63, 3.8) is 0 Å². The molecule has 0 spiro atoms. The Balaban J connectivity index is 1.80. The Hall–Kier alpha value is -3.19. The molecule has 0 aliphatic carbocycles. The summed E-state index contributed by atoms with van der Waals surface area (Å²) >= 11 is 0. The van der Waals surface area contributed by atoms with E-state index in [1.807, 2.05) is 0 Å². The molecule has 0 aromatic heterocycles. The number of rotatable bonds is 5. The minimum atomic E-state index is -1.17. The van der Waals surface area contributed by atoms with Gasteiger partial charge in [-0.15, -0.1) is 0 Å². The number of ether oxygens (including phenoxy) is 4. The van der Waals surface area contributed by atoms with E-state index in [0.29, 0.717) is 11.1 Å². The van der Waals surface area contributed by atoms with Gasteiger partial charge in [0.25, 0.3) is 0 Å². The Morgan fingerprint density at radius 3 is 1.68 bits per heavy atom. The molecule has 1 unspecified atom stereocenters. The molecule has 1 heterocycles. The summed E-state index contributed by atoms with van der Waals surface area (Å²) in [7, 11) is 0. The van der Waals surface area contributed by atoms with Crippen molar-refractivity contribution < 1.29 is 33.3 Å². The fraction of sp³-hybridized carbons (Fsp3) is 0.286. The standard InChI is InChI=1S/C21H20O7/c1-13-17(27-19(23)15-9-5-3-6-10-15)18(21(25-13)26-14(2)22)28-20(24)16-11-7-4-8-12-16/h3-13,17-18,21H,1-2H3/t13-,17-,18-,21?/m1/s1. The number of esters is 3. The minimum absolute atomic E-state index is 0.316. The molecule has 0 bridgehead atoms. The van der Waals surface area contributed by atoms with E-state index in [2.05, 4.69) is 0 Å². The Bertz CT molecular complexity index is 834. The molecule has 2 aromatic rings. The van der Waals surface area contributed by atoms with E-state index >= 15 is 0 Å². The van der Waals surface area contributed by atoms with Crippen molar-refractivity contribution in [1.29, 1.82) is 0 Å². The van der Waals surface area contributed by atoms with Crippen LogP contribution in [0.1, 0.15) is 34.6 Å². The fourth-order valence-corrected chi connectivity index (χ4v) is 2.86. The molecule has 7 nitrogen and oxygen atoms in total. The molecule has 2 aromatic carbocycles. The van der Waals surface area contributed by atoms with Crippen LogP contribution in [0.3, 0.4) is 0 Å². The second kappa shape index (κ2) is 8.67. The highest BCUT2D eigenvalue weighted by molar-refractivity contribution is 5.90. The van der Waals surface area contributed by atoms with Crippen LogP contribution in [-0.4, -0.2) is 42.5 Å². The van der Waals surface area contributed by atoms with Crippen LogP contribution in [0.4, 0.5) is 0 Å². The van der Waals surface area contributed by atoms with Crippen LogP contribution in [-0.2, 0) is 23.7 Å². The maximum absolute atomic E-state index is 12.5. The Labute approximate surface area is 162 Å². The summed E-state index contributed by atoms with van der Waals surface area (Å²) in [5, 5.41) is 0. The molecule has 1 fully saturated rings. The molecule has 7 heteroatoms. The molecule has 1 aliphatic heterocycles. The quantitative estimate of drug-likeness (QED) is 0.578. The van der Waals surface area contributed by atoms with Gasteiger partial charge in [-0.3, -0.25) is 4.79 Å². The largest absolute Gasteiger partial charge is 0.452 e. The Morgan fingerprint density at radius 2 is 1.21 bits per heavy atom. The second-order valence-corrected chi connectivity index (χ2v) is 6.29. The first kappa shape index (κ1) is 19.6. The molecule has 28 heavy (non-hydrogen) atoms. The normalized spacial score (nSPS) is 23.6. The number of hydrogen-bond donors (Lipinski definition) is 0. The highest BCUT2D eigenvalue weighted by Crippen LogP contribution is 2.29. The molecule has 4 atom stereocenters. The lowest BCUT2D eigenvalue weighted by atomic mass is 10.1. The van der Waals surface area contributed by atoms with E-state index in [1.54, 1.807) is 67.6 Å². The van der Waals surface area contributed by atoms with E-state index in [1.165, 1.54) is 6.92 Å². The predicted octanol–water partition coefficient (Wildman–Crippen LogP) is 2.75. The van der Waals surface area contributed by atoms with Crippen LogP contribution in [0.15, 0.2) is 60.7 Å². The molecular formula is C21H20O7. The summed E-state index contributed by atoms with van der Waals surface area (Å²) in [6, 6.07) is 16.7. The Kier molecular flexibility index (Phi) is 6.06. The van der Waals surface area contributed by atoms with Crippen molar-refractivity contribution >= 4 is 17.9 Å². The van der Waals surface area contributed by atoms with Gasteiger partial charge in [0.1, 0.15) is 6.10 Å². The van der Waals surface area contributed by atoms with Gasteiger partial charge < -0.3 is 18.9 Å². The van der Waals surface area contributed by atoms with Crippen molar-refractivity contribution in [2.45, 2.75) is 38.4 Å². The molecular weight excluding hydrogens is 364 g/mol. The lowest BCUT2D eigenvalue weighted by molar-refractivity contribution is -0.185. The van der Waals surface area contributed by atoms with E-state index < -0.39 is 42.5 Å². The minimum Gasteiger partial charge on any atom is -0.452 e. The molecule has 3 rings (SSSR count). The van der Waals surface area contributed by atoms with Crippen molar-refractivity contribution in [3.8, 4) is 0 Å². The van der Waals surface area contributed by atoms with Crippen LogP contribution in [0, 0.1) is 0 Å². The third kappa shape index (κ3) is 4.55. The third-order valence-corrected chi connectivity index (χ3v) is 4.19. The SMILES string of the molecule is CC(=O)OC1O[C@H](C)[C@@H](OC(=O)c2ccccc2)[C@H]1OC(=O)c1ccccc1. The topological polar surface area (TPSA) is 88.1 Å². The van der Waals surface area contributed by atoms with Crippen molar-refractivity contribution in [3.05, 3.63) is 71.8 Å². The van der Waals surface area contributed by atoms with Crippen LogP contribution in [0.25, 0.3) is 0 Å². The monoisotopic (exact) mass is 384 g/mol. The summed E-state index contributed by atoms with van der Waals surface area (Å²) in [4.78, 5) is 36.3. The smallest absolute Gasteiger partial charge is 0.338 e. The zero-order valence-corrected chi connectivity index (χ0v) is 15.4. The average molecular weight is 384 g/mol. The highest BCUT2D eigenvalue weighted by Gasteiger charge is 2.49. The maximum atomic E-state index is 12.5. The zero-order valence-electron chi connectivity index (χ0n) is 15.4. The fourth-order valence-electron chi connectivity index (χ4n) is 2.86. The lowest BCUT2D eigenvalue weighted by Crippen LogP contribution is -2.41. The zero-order chi connectivity index (χ0) is 20.1. The molecule has 1 saturated heterocycles. The highest BCUT2D eigenvalue weighted by atomic mass is 16.7. The Morgan fingerprint density at radius 1 is 0.750 bits per heavy atom. The molecule has 146 valence electrons. The second-order valence-electron chi connectivity index (χ2n) is 6.29. The summed E-state index contributed by atoms with van der Waals surface area (Å²) < 4.78 is 21.7. The molecule has 1 aliphatic rings. The van der Waals surface area contributed by atoms with Crippen LogP contribution >= 0.6 is 0 Å². The van der Waals surface area contributed by atoms with Gasteiger partial charge in [0.2, 0.25) is 12.4 Å². The summed E-state index contributed by atoms with van der Waals surface area (Å²) in [5.74, 6) is -1.83. The van der Waals surface area contributed by atoms with E-state index in [0.717, 1.165) is 0 Å². The van der Waals surface area contributed by atoms with Gasteiger partial charge in [0.05, 0.1) is 11.1 Å². The van der Waals surface area contributed by atoms with Gasteiger partial charge in [-0.2, -0.15) is 0 Å². The van der Waals surface area contributed by atoms with Gasteiger partial charge in [0, 0.05) is 6.92 Å². The summed E-state index contributed by atoms with van der Waals surface area (Å²) in [6.07, 6.45) is -3.86. The lowest BCUT2D eigenvalue weighted by Gasteiger charge is -2.23. The number of carbonyl (C=O) groups is 3. The van der Waals surface area contributed by atoms with E-state index in [9.17, 15) is 14.4 Å². The van der Waals surface area contributed by atoms with Crippen molar-refractivity contribution in [2.75, 3.05) is 0 Å². The van der Waals surface area contributed by atoms with Crippen LogP contribution in [0.2, 0.25) is 0 Å².